The molecule has 0 aliphatic carbocycles. The molecule has 0 spiro atoms. The van der Waals surface area contributed by atoms with Crippen LogP contribution < -0.4 is 10.1 Å². The molecule has 0 aliphatic heterocycles. The van der Waals surface area contributed by atoms with Gasteiger partial charge >= 0.3 is 0 Å². The number of amides is 1. The molecule has 2 aromatic carbocycles. The largest absolute Gasteiger partial charge is 0.495 e. The number of nitrogens with one attached hydrogen (secondary N) is 1. The number of rotatable bonds is 5. The van der Waals surface area contributed by atoms with Gasteiger partial charge in [-0.05, 0) is 30.2 Å². The van der Waals surface area contributed by atoms with E-state index >= 15 is 0 Å². The van der Waals surface area contributed by atoms with Gasteiger partial charge in [0.05, 0.1) is 12.8 Å². The van der Waals surface area contributed by atoms with Crippen LogP contribution >= 0.6 is 11.6 Å². The van der Waals surface area contributed by atoms with E-state index in [4.69, 9.17) is 16.3 Å². The van der Waals surface area contributed by atoms with Crippen molar-refractivity contribution in [2.24, 2.45) is 0 Å². The van der Waals surface area contributed by atoms with Gasteiger partial charge in [-0.3, -0.25) is 4.79 Å². The number of allylic oxidation sites excluding steroid dienone is 2. The van der Waals surface area contributed by atoms with Crippen LogP contribution in [0, 0.1) is 18.3 Å². The highest BCUT2D eigenvalue weighted by Crippen LogP contribution is 2.31. The lowest BCUT2D eigenvalue weighted by Crippen LogP contribution is -2.14. The van der Waals surface area contributed by atoms with Crippen molar-refractivity contribution in [3.05, 3.63) is 76.3 Å². The number of carbonyl (C=O) groups is 1. The fourth-order valence-electron chi connectivity index (χ4n) is 2.10. The zero-order chi connectivity index (χ0) is 18.2. The summed E-state index contributed by atoms with van der Waals surface area (Å²) in [5.41, 5.74) is 2.22. The van der Waals surface area contributed by atoms with Crippen LogP contribution in [0.2, 0.25) is 5.02 Å². The average molecular weight is 353 g/mol. The van der Waals surface area contributed by atoms with Gasteiger partial charge in [-0.1, -0.05) is 54.1 Å². The second-order valence-corrected chi connectivity index (χ2v) is 5.62. The fraction of sp³-hybridized carbons (Fsp3) is 0.100. The van der Waals surface area contributed by atoms with Gasteiger partial charge in [-0.25, -0.2) is 0 Å². The van der Waals surface area contributed by atoms with E-state index in [1.165, 1.54) is 13.2 Å². The summed E-state index contributed by atoms with van der Waals surface area (Å²) in [7, 11) is 1.49. The molecule has 25 heavy (non-hydrogen) atoms. The van der Waals surface area contributed by atoms with Gasteiger partial charge < -0.3 is 10.1 Å². The molecule has 0 saturated carbocycles. The molecule has 0 bridgehead atoms. The van der Waals surface area contributed by atoms with Crippen molar-refractivity contribution >= 4 is 29.3 Å². The second kappa shape index (κ2) is 8.72. The molecule has 126 valence electrons. The Morgan fingerprint density at radius 1 is 1.28 bits per heavy atom. The molecule has 0 atom stereocenters. The Morgan fingerprint density at radius 2 is 2.00 bits per heavy atom. The predicted octanol–water partition coefficient (Wildman–Crippen LogP) is 4.76. The van der Waals surface area contributed by atoms with Gasteiger partial charge in [-0.15, -0.1) is 0 Å². The van der Waals surface area contributed by atoms with Crippen molar-refractivity contribution in [3.63, 3.8) is 0 Å². The lowest BCUT2D eigenvalue weighted by Gasteiger charge is -2.11. The van der Waals surface area contributed by atoms with E-state index in [-0.39, 0.29) is 5.57 Å². The molecule has 2 rings (SSSR count). The van der Waals surface area contributed by atoms with E-state index in [2.05, 4.69) is 5.32 Å². The molecule has 0 heterocycles. The van der Waals surface area contributed by atoms with Crippen LogP contribution in [-0.4, -0.2) is 13.0 Å². The number of nitrogens with zero attached hydrogens (tertiary/aromatic N) is 1. The molecule has 1 amide bonds. The Morgan fingerprint density at radius 3 is 2.64 bits per heavy atom. The molecule has 4 nitrogen and oxygen atoms in total. The Labute approximate surface area is 152 Å². The highest BCUT2D eigenvalue weighted by Gasteiger charge is 2.13. The molecular formula is C20H17ClN2O2. The first-order chi connectivity index (χ1) is 12.0. The van der Waals surface area contributed by atoms with E-state index < -0.39 is 5.91 Å². The molecule has 0 unspecified atom stereocenters. The maximum atomic E-state index is 12.3. The molecule has 0 aliphatic rings. The quantitative estimate of drug-likeness (QED) is 0.479. The van der Waals surface area contributed by atoms with Crippen LogP contribution in [0.4, 0.5) is 5.69 Å². The third-order valence-electron chi connectivity index (χ3n) is 3.45. The SMILES string of the molecule is COc1cc(Cl)c(C)cc1NC(=O)/C(C#N)=C/C=C/c1ccccc1. The summed E-state index contributed by atoms with van der Waals surface area (Å²) in [5, 5.41) is 12.5. The Balaban J connectivity index is 2.18. The van der Waals surface area contributed by atoms with E-state index in [0.29, 0.717) is 16.5 Å². The van der Waals surface area contributed by atoms with Gasteiger partial charge in [0.25, 0.3) is 5.91 Å². The zero-order valence-electron chi connectivity index (χ0n) is 13.9. The summed E-state index contributed by atoms with van der Waals surface area (Å²) in [5.74, 6) is -0.0821. The average Bonchev–Trinajstić information content (AvgIpc) is 2.62. The lowest BCUT2D eigenvalue weighted by atomic mass is 10.1. The van der Waals surface area contributed by atoms with E-state index in [1.54, 1.807) is 18.2 Å². The van der Waals surface area contributed by atoms with Crippen molar-refractivity contribution in [3.8, 4) is 11.8 Å². The predicted molar refractivity (Wildman–Crippen MR) is 101 cm³/mol. The minimum Gasteiger partial charge on any atom is -0.495 e. The first kappa shape index (κ1) is 18.3. The first-order valence-electron chi connectivity index (χ1n) is 7.54. The van der Waals surface area contributed by atoms with Gasteiger partial charge in [0, 0.05) is 11.1 Å². The Hall–Kier alpha value is -3.03. The van der Waals surface area contributed by atoms with Crippen molar-refractivity contribution in [1.82, 2.24) is 0 Å². The Bertz CT molecular complexity index is 865. The normalized spacial score (nSPS) is 11.2. The molecule has 0 fully saturated rings. The number of hydrogen-bond acceptors (Lipinski definition) is 3. The number of anilines is 1. The van der Waals surface area contributed by atoms with E-state index in [9.17, 15) is 10.1 Å². The van der Waals surface area contributed by atoms with Crippen LogP contribution in [0.3, 0.4) is 0 Å². The highest BCUT2D eigenvalue weighted by molar-refractivity contribution is 6.31. The van der Waals surface area contributed by atoms with Crippen molar-refractivity contribution in [2.75, 3.05) is 12.4 Å². The summed E-state index contributed by atoms with van der Waals surface area (Å²) in [6.07, 6.45) is 4.95. The van der Waals surface area contributed by atoms with E-state index in [0.717, 1.165) is 11.1 Å². The maximum Gasteiger partial charge on any atom is 0.266 e. The Kier molecular flexibility index (Phi) is 6.39. The van der Waals surface area contributed by atoms with Gasteiger partial charge in [0.2, 0.25) is 0 Å². The van der Waals surface area contributed by atoms with Crippen LogP contribution in [0.15, 0.2) is 60.2 Å². The molecular weight excluding hydrogens is 336 g/mol. The number of carbonyl (C=O) groups excluding carboxylic acids is 1. The van der Waals surface area contributed by atoms with Gasteiger partial charge in [-0.2, -0.15) is 5.26 Å². The minimum atomic E-state index is -0.514. The fourth-order valence-corrected chi connectivity index (χ4v) is 2.26. The number of benzene rings is 2. The second-order valence-electron chi connectivity index (χ2n) is 5.22. The third-order valence-corrected chi connectivity index (χ3v) is 3.85. The summed E-state index contributed by atoms with van der Waals surface area (Å²) < 4.78 is 5.22. The number of methoxy groups -OCH3 is 1. The molecule has 5 heteroatoms. The molecule has 1 N–H and O–H groups in total. The zero-order valence-corrected chi connectivity index (χ0v) is 14.7. The molecule has 0 saturated heterocycles. The van der Waals surface area contributed by atoms with Crippen molar-refractivity contribution in [1.29, 1.82) is 5.26 Å². The summed E-state index contributed by atoms with van der Waals surface area (Å²) in [6.45, 7) is 1.82. The first-order valence-corrected chi connectivity index (χ1v) is 7.92. The van der Waals surface area contributed by atoms with Crippen molar-refractivity contribution < 1.29 is 9.53 Å². The maximum absolute atomic E-state index is 12.3. The van der Waals surface area contributed by atoms with Crippen LogP contribution in [-0.2, 0) is 4.79 Å². The molecule has 0 radical (unpaired) electrons. The molecule has 2 aromatic rings. The van der Waals surface area contributed by atoms with Gasteiger partial charge in [0.15, 0.2) is 0 Å². The minimum absolute atomic E-state index is 0.0122. The monoisotopic (exact) mass is 352 g/mol. The standard InChI is InChI=1S/C20H17ClN2O2/c1-14-11-18(19(25-2)12-17(14)21)23-20(24)16(13-22)10-6-9-15-7-4-3-5-8-15/h3-12H,1-2H3,(H,23,24)/b9-6+,16-10+. The highest BCUT2D eigenvalue weighted by atomic mass is 35.5. The number of halogens is 1. The third kappa shape index (κ3) is 4.97. The van der Waals surface area contributed by atoms with Crippen LogP contribution in [0.5, 0.6) is 5.75 Å². The number of ether oxygens (including phenoxy) is 1. The summed E-state index contributed by atoms with van der Waals surface area (Å²) in [6, 6.07) is 14.8. The smallest absolute Gasteiger partial charge is 0.266 e. The number of hydrogen-bond donors (Lipinski definition) is 1. The molecule has 0 aromatic heterocycles. The summed E-state index contributed by atoms with van der Waals surface area (Å²) >= 11 is 6.05. The topological polar surface area (TPSA) is 62.1 Å². The number of aryl methyl sites for hydroxylation is 1. The van der Waals surface area contributed by atoms with Crippen LogP contribution in [0.25, 0.3) is 6.08 Å². The van der Waals surface area contributed by atoms with E-state index in [1.807, 2.05) is 49.4 Å². The lowest BCUT2D eigenvalue weighted by molar-refractivity contribution is -0.112. The summed E-state index contributed by atoms with van der Waals surface area (Å²) in [4.78, 5) is 12.3. The van der Waals surface area contributed by atoms with Crippen LogP contribution in [0.1, 0.15) is 11.1 Å². The number of nitriles is 1. The van der Waals surface area contributed by atoms with Gasteiger partial charge in [0.1, 0.15) is 17.4 Å². The van der Waals surface area contributed by atoms with Crippen molar-refractivity contribution in [2.45, 2.75) is 6.92 Å².